The number of ether oxygens (including phenoxy) is 1. The number of sulfonamides is 1. The molecule has 0 unspecified atom stereocenters. The van der Waals surface area contributed by atoms with Crippen LogP contribution in [0.1, 0.15) is 15.2 Å². The van der Waals surface area contributed by atoms with Gasteiger partial charge >= 0.3 is 5.97 Å². The highest BCUT2D eigenvalue weighted by Gasteiger charge is 2.25. The van der Waals surface area contributed by atoms with Crippen LogP contribution >= 0.6 is 11.3 Å². The first-order valence-corrected chi connectivity index (χ1v) is 11.0. The molecule has 0 atom stereocenters. The smallest absolute Gasteiger partial charge is 0.349 e. The quantitative estimate of drug-likeness (QED) is 0.487. The molecule has 148 valence electrons. The Labute approximate surface area is 171 Å². The summed E-state index contributed by atoms with van der Waals surface area (Å²) in [4.78, 5) is 16.4. The molecule has 0 aliphatic rings. The highest BCUT2D eigenvalue weighted by Crippen LogP contribution is 2.27. The molecule has 0 radical (unpaired) electrons. The van der Waals surface area contributed by atoms with E-state index < -0.39 is 16.0 Å². The van der Waals surface area contributed by atoms with Gasteiger partial charge in [0.15, 0.2) is 0 Å². The van der Waals surface area contributed by atoms with Gasteiger partial charge in [0.25, 0.3) is 10.0 Å². The van der Waals surface area contributed by atoms with Crippen molar-refractivity contribution in [1.29, 1.82) is 0 Å². The molecule has 9 heteroatoms. The van der Waals surface area contributed by atoms with E-state index in [0.29, 0.717) is 5.69 Å². The first-order chi connectivity index (χ1) is 13.9. The lowest BCUT2D eigenvalue weighted by Crippen LogP contribution is -2.15. The molecule has 1 N–H and O–H groups in total. The number of methoxy groups -OCH3 is 1. The third-order valence-electron chi connectivity index (χ3n) is 4.38. The topological polar surface area (TPSA) is 89.8 Å². The van der Waals surface area contributed by atoms with Crippen molar-refractivity contribution < 1.29 is 17.9 Å². The third kappa shape index (κ3) is 3.62. The van der Waals surface area contributed by atoms with Crippen molar-refractivity contribution >= 4 is 38.7 Å². The molecule has 0 saturated heterocycles. The largest absolute Gasteiger partial charge is 0.465 e. The van der Waals surface area contributed by atoms with Crippen molar-refractivity contribution in [2.45, 2.75) is 11.8 Å². The van der Waals surface area contributed by atoms with Crippen molar-refractivity contribution in [3.63, 3.8) is 0 Å². The van der Waals surface area contributed by atoms with E-state index in [-0.39, 0.29) is 9.77 Å². The van der Waals surface area contributed by atoms with Crippen LogP contribution in [0.5, 0.6) is 0 Å². The van der Waals surface area contributed by atoms with Gasteiger partial charge in [-0.1, -0.05) is 18.2 Å². The van der Waals surface area contributed by atoms with Crippen molar-refractivity contribution in [3.8, 4) is 11.3 Å². The molecule has 0 spiro atoms. The number of esters is 1. The summed E-state index contributed by atoms with van der Waals surface area (Å²) in [6, 6.07) is 12.3. The summed E-state index contributed by atoms with van der Waals surface area (Å²) in [5.74, 6) is -0.686. The molecule has 4 rings (SSSR count). The van der Waals surface area contributed by atoms with Gasteiger partial charge in [-0.05, 0) is 42.1 Å². The predicted molar refractivity (Wildman–Crippen MR) is 112 cm³/mol. The number of anilines is 1. The van der Waals surface area contributed by atoms with Crippen LogP contribution in [-0.2, 0) is 14.8 Å². The molecule has 0 aliphatic heterocycles. The summed E-state index contributed by atoms with van der Waals surface area (Å²) >= 11 is 1.02. The minimum Gasteiger partial charge on any atom is -0.465 e. The number of nitrogens with one attached hydrogen (secondary N) is 1. The third-order valence-corrected chi connectivity index (χ3v) is 6.83. The second kappa shape index (κ2) is 7.34. The maximum Gasteiger partial charge on any atom is 0.349 e. The lowest BCUT2D eigenvalue weighted by molar-refractivity contribution is 0.0602. The van der Waals surface area contributed by atoms with E-state index in [9.17, 15) is 13.2 Å². The number of aryl methyl sites for hydroxylation is 1. The highest BCUT2D eigenvalue weighted by atomic mass is 32.2. The number of benzene rings is 1. The highest BCUT2D eigenvalue weighted by molar-refractivity contribution is 7.93. The minimum absolute atomic E-state index is 0.0342. The van der Waals surface area contributed by atoms with Gasteiger partial charge in [0, 0.05) is 23.6 Å². The number of hydrogen-bond donors (Lipinski definition) is 1. The molecule has 0 bridgehead atoms. The summed E-state index contributed by atoms with van der Waals surface area (Å²) in [5, 5.41) is 1.54. The standard InChI is InChI=1S/C20H17N3O4S2/c1-13-5-4-9-23-12-16(21-19(13)23)14-6-3-7-15(11-14)22-29(25,26)17-8-10-28-18(17)20(24)27-2/h3-12,22H,1-2H3. The van der Waals surface area contributed by atoms with E-state index >= 15 is 0 Å². The van der Waals surface area contributed by atoms with Gasteiger partial charge in [0.1, 0.15) is 15.4 Å². The van der Waals surface area contributed by atoms with E-state index in [4.69, 9.17) is 0 Å². The van der Waals surface area contributed by atoms with E-state index in [1.54, 1.807) is 18.2 Å². The first kappa shape index (κ1) is 19.2. The van der Waals surface area contributed by atoms with Crippen LogP contribution in [-0.4, -0.2) is 30.9 Å². The summed E-state index contributed by atoms with van der Waals surface area (Å²) < 4.78 is 34.7. The number of carbonyl (C=O) groups excluding carboxylic acids is 1. The van der Waals surface area contributed by atoms with Crippen LogP contribution in [0.3, 0.4) is 0 Å². The molecule has 3 aromatic heterocycles. The number of thiophene rings is 1. The maximum atomic E-state index is 12.8. The minimum atomic E-state index is -3.95. The van der Waals surface area contributed by atoms with Gasteiger partial charge in [0.05, 0.1) is 12.8 Å². The molecule has 7 nitrogen and oxygen atoms in total. The number of hydrogen-bond acceptors (Lipinski definition) is 6. The SMILES string of the molecule is COC(=O)c1sccc1S(=O)(=O)Nc1cccc(-c2cn3cccc(C)c3n2)c1. The number of nitrogens with zero attached hydrogens (tertiary/aromatic N) is 2. The lowest BCUT2D eigenvalue weighted by Gasteiger charge is -2.09. The van der Waals surface area contributed by atoms with Crippen molar-refractivity contribution in [2.75, 3.05) is 11.8 Å². The van der Waals surface area contributed by atoms with Gasteiger partial charge in [-0.3, -0.25) is 4.72 Å². The van der Waals surface area contributed by atoms with Crippen LogP contribution in [0.4, 0.5) is 5.69 Å². The Bertz CT molecular complexity index is 1320. The van der Waals surface area contributed by atoms with E-state index in [1.807, 2.05) is 41.9 Å². The second-order valence-corrected chi connectivity index (χ2v) is 8.91. The summed E-state index contributed by atoms with van der Waals surface area (Å²) in [7, 11) is -2.74. The number of imidazole rings is 1. The Hall–Kier alpha value is -3.17. The fourth-order valence-electron chi connectivity index (χ4n) is 3.00. The molecule has 3 heterocycles. The van der Waals surface area contributed by atoms with Crippen molar-refractivity contribution in [3.05, 3.63) is 70.7 Å². The maximum absolute atomic E-state index is 12.8. The Kier molecular flexibility index (Phi) is 4.85. The zero-order valence-corrected chi connectivity index (χ0v) is 17.3. The zero-order chi connectivity index (χ0) is 20.6. The molecule has 0 aliphatic carbocycles. The van der Waals surface area contributed by atoms with E-state index in [1.165, 1.54) is 18.6 Å². The second-order valence-electron chi connectivity index (χ2n) is 6.34. The fourth-order valence-corrected chi connectivity index (χ4v) is 5.38. The van der Waals surface area contributed by atoms with E-state index in [0.717, 1.165) is 33.8 Å². The number of fused-ring (bicyclic) bond motifs is 1. The summed E-state index contributed by atoms with van der Waals surface area (Å²) in [6.07, 6.45) is 3.81. The first-order valence-electron chi connectivity index (χ1n) is 8.62. The molecular formula is C20H17N3O4S2. The van der Waals surface area contributed by atoms with E-state index in [2.05, 4.69) is 14.4 Å². The Morgan fingerprint density at radius 2 is 2.03 bits per heavy atom. The molecule has 29 heavy (non-hydrogen) atoms. The number of carbonyl (C=O) groups is 1. The molecular weight excluding hydrogens is 410 g/mol. The van der Waals surface area contributed by atoms with Crippen molar-refractivity contribution in [1.82, 2.24) is 9.38 Å². The van der Waals surface area contributed by atoms with Crippen molar-refractivity contribution in [2.24, 2.45) is 0 Å². The normalized spacial score (nSPS) is 11.5. The zero-order valence-electron chi connectivity index (χ0n) is 15.6. The van der Waals surface area contributed by atoms with Gasteiger partial charge in [0.2, 0.25) is 0 Å². The van der Waals surface area contributed by atoms with Crippen LogP contribution < -0.4 is 4.72 Å². The van der Waals surface area contributed by atoms with Crippen LogP contribution in [0.25, 0.3) is 16.9 Å². The Morgan fingerprint density at radius 3 is 2.79 bits per heavy atom. The monoisotopic (exact) mass is 427 g/mol. The summed E-state index contributed by atoms with van der Waals surface area (Å²) in [5.41, 5.74) is 3.76. The van der Waals surface area contributed by atoms with Gasteiger partial charge in [-0.2, -0.15) is 0 Å². The van der Waals surface area contributed by atoms with Gasteiger partial charge < -0.3 is 9.14 Å². The lowest BCUT2D eigenvalue weighted by atomic mass is 10.1. The molecule has 0 amide bonds. The Morgan fingerprint density at radius 1 is 1.21 bits per heavy atom. The van der Waals surface area contributed by atoms with Crippen LogP contribution in [0, 0.1) is 6.92 Å². The van der Waals surface area contributed by atoms with Crippen LogP contribution in [0.2, 0.25) is 0 Å². The summed E-state index contributed by atoms with van der Waals surface area (Å²) in [6.45, 7) is 1.98. The Balaban J connectivity index is 1.68. The number of pyridine rings is 1. The molecule has 0 fully saturated rings. The average molecular weight is 428 g/mol. The van der Waals surface area contributed by atoms with Gasteiger partial charge in [-0.25, -0.2) is 18.2 Å². The molecule has 1 aromatic carbocycles. The fraction of sp³-hybridized carbons (Fsp3) is 0.100. The van der Waals surface area contributed by atoms with Gasteiger partial charge in [-0.15, -0.1) is 11.3 Å². The predicted octanol–water partition coefficient (Wildman–Crippen LogP) is 3.96. The van der Waals surface area contributed by atoms with Crippen LogP contribution in [0.15, 0.2) is 65.1 Å². The number of rotatable bonds is 5. The average Bonchev–Trinajstić information content (AvgIpc) is 3.36. The molecule has 0 saturated carbocycles. The molecule has 4 aromatic rings. The number of aromatic nitrogens is 2.